The predicted octanol–water partition coefficient (Wildman–Crippen LogP) is 1.05. The molecular weight excluding hydrogens is 248 g/mol. The van der Waals surface area contributed by atoms with Crippen LogP contribution in [0, 0.1) is 0 Å². The molecule has 0 aliphatic carbocycles. The summed E-state index contributed by atoms with van der Waals surface area (Å²) in [6, 6.07) is -0.412. The molecule has 108 valence electrons. The van der Waals surface area contributed by atoms with Gasteiger partial charge < -0.3 is 14.8 Å². The number of likely N-dealkylation sites (N-methyl/N-ethyl adjacent to an activating group) is 1. The second-order valence-corrected chi connectivity index (χ2v) is 3.94. The second kappa shape index (κ2) is 7.85. The Bertz CT molecular complexity index is 388. The molecule has 1 aromatic heterocycles. The van der Waals surface area contributed by atoms with Crippen molar-refractivity contribution in [1.29, 1.82) is 0 Å². The van der Waals surface area contributed by atoms with Gasteiger partial charge in [-0.25, -0.2) is 4.68 Å². The van der Waals surface area contributed by atoms with Crippen molar-refractivity contribution in [3.63, 3.8) is 0 Å². The summed E-state index contributed by atoms with van der Waals surface area (Å²) in [6.07, 6.45) is 1.14. The Balaban J connectivity index is 2.76. The van der Waals surface area contributed by atoms with Gasteiger partial charge in [0.15, 0.2) is 0 Å². The van der Waals surface area contributed by atoms with Gasteiger partial charge in [-0.15, -0.1) is 5.10 Å². The molecule has 1 aromatic rings. The Hall–Kier alpha value is -1.47. The summed E-state index contributed by atoms with van der Waals surface area (Å²) in [4.78, 5) is 11.7. The molecule has 0 radical (unpaired) electrons. The first kappa shape index (κ1) is 15.6. The molecule has 0 spiro atoms. The van der Waals surface area contributed by atoms with E-state index < -0.39 is 12.3 Å². The number of hydrogen-bond donors (Lipinski definition) is 1. The first-order valence-electron chi connectivity index (χ1n) is 6.56. The van der Waals surface area contributed by atoms with Gasteiger partial charge in [-0.05, 0) is 27.7 Å². The van der Waals surface area contributed by atoms with Gasteiger partial charge in [0.1, 0.15) is 11.7 Å². The third kappa shape index (κ3) is 4.29. The maximum Gasteiger partial charge on any atom is 0.244 e. The quantitative estimate of drug-likeness (QED) is 0.714. The molecule has 1 rings (SSSR count). The third-order valence-electron chi connectivity index (χ3n) is 2.53. The summed E-state index contributed by atoms with van der Waals surface area (Å²) in [5, 5.41) is 10.7. The summed E-state index contributed by atoms with van der Waals surface area (Å²) < 4.78 is 12.4. The molecular formula is C12H22N4O3. The summed E-state index contributed by atoms with van der Waals surface area (Å²) in [5.74, 6) is -0.0941. The lowest BCUT2D eigenvalue weighted by atomic mass is 10.3. The average molecular weight is 270 g/mol. The Morgan fingerprint density at radius 2 is 2.00 bits per heavy atom. The Labute approximate surface area is 113 Å². The first-order chi connectivity index (χ1) is 9.13. The maximum atomic E-state index is 11.7. The van der Waals surface area contributed by atoms with E-state index in [1.54, 1.807) is 13.1 Å². The highest BCUT2D eigenvalue weighted by molar-refractivity contribution is 5.79. The van der Waals surface area contributed by atoms with Gasteiger partial charge in [-0.2, -0.15) is 0 Å². The van der Waals surface area contributed by atoms with Crippen molar-refractivity contribution in [2.75, 3.05) is 19.8 Å². The third-order valence-corrected chi connectivity index (χ3v) is 2.53. The van der Waals surface area contributed by atoms with Gasteiger partial charge in [-0.3, -0.25) is 4.79 Å². The van der Waals surface area contributed by atoms with E-state index in [1.165, 1.54) is 4.68 Å². The maximum absolute atomic E-state index is 11.7. The fourth-order valence-electron chi connectivity index (χ4n) is 1.55. The highest BCUT2D eigenvalue weighted by atomic mass is 16.7. The molecule has 1 atom stereocenters. The van der Waals surface area contributed by atoms with Crippen LogP contribution in [-0.4, -0.2) is 40.7 Å². The Kier molecular flexibility index (Phi) is 6.44. The molecule has 7 heteroatoms. The number of ether oxygens (including phenoxy) is 2. The van der Waals surface area contributed by atoms with Crippen molar-refractivity contribution >= 4 is 5.91 Å². The van der Waals surface area contributed by atoms with Gasteiger partial charge in [0.25, 0.3) is 0 Å². The van der Waals surface area contributed by atoms with Crippen LogP contribution in [0.1, 0.15) is 45.7 Å². The average Bonchev–Trinajstić information content (AvgIpc) is 2.87. The molecule has 0 bridgehead atoms. The standard InChI is InChI=1S/C12H22N4O3/c1-5-13-11(17)9(4)16-8-10(14-15-16)12(18-6-2)19-7-3/h8-9,12H,5-7H2,1-4H3,(H,13,17). The number of carbonyl (C=O) groups excluding carboxylic acids is 1. The van der Waals surface area contributed by atoms with E-state index in [1.807, 2.05) is 20.8 Å². The van der Waals surface area contributed by atoms with Gasteiger partial charge in [0.05, 0.1) is 6.20 Å². The van der Waals surface area contributed by atoms with Crippen molar-refractivity contribution in [2.24, 2.45) is 0 Å². The first-order valence-corrected chi connectivity index (χ1v) is 6.56. The van der Waals surface area contributed by atoms with Crippen LogP contribution < -0.4 is 5.32 Å². The van der Waals surface area contributed by atoms with Crippen LogP contribution in [0.2, 0.25) is 0 Å². The van der Waals surface area contributed by atoms with Crippen LogP contribution in [0.3, 0.4) is 0 Å². The molecule has 1 N–H and O–H groups in total. The van der Waals surface area contributed by atoms with Crippen LogP contribution in [0.15, 0.2) is 6.20 Å². The van der Waals surface area contributed by atoms with Crippen LogP contribution in [0.4, 0.5) is 0 Å². The van der Waals surface area contributed by atoms with Crippen molar-refractivity contribution in [2.45, 2.75) is 40.0 Å². The molecule has 19 heavy (non-hydrogen) atoms. The second-order valence-electron chi connectivity index (χ2n) is 3.94. The van der Waals surface area contributed by atoms with E-state index >= 15 is 0 Å². The number of amides is 1. The predicted molar refractivity (Wildman–Crippen MR) is 69.4 cm³/mol. The molecule has 0 saturated carbocycles. The van der Waals surface area contributed by atoms with Gasteiger partial charge >= 0.3 is 0 Å². The minimum Gasteiger partial charge on any atom is -0.355 e. The summed E-state index contributed by atoms with van der Waals surface area (Å²) in [7, 11) is 0. The van der Waals surface area contributed by atoms with E-state index in [4.69, 9.17) is 9.47 Å². The number of nitrogens with one attached hydrogen (secondary N) is 1. The van der Waals surface area contributed by atoms with Crippen LogP contribution in [-0.2, 0) is 14.3 Å². The van der Waals surface area contributed by atoms with E-state index in [-0.39, 0.29) is 5.91 Å². The number of hydrogen-bond acceptors (Lipinski definition) is 5. The molecule has 1 heterocycles. The molecule has 0 fully saturated rings. The fourth-order valence-corrected chi connectivity index (χ4v) is 1.55. The van der Waals surface area contributed by atoms with Crippen molar-refractivity contribution in [3.05, 3.63) is 11.9 Å². The SMILES string of the molecule is CCNC(=O)C(C)n1cc(C(OCC)OCC)nn1. The lowest BCUT2D eigenvalue weighted by molar-refractivity contribution is -0.142. The molecule has 1 amide bonds. The van der Waals surface area contributed by atoms with E-state index in [0.717, 1.165) is 0 Å². The summed E-state index contributed by atoms with van der Waals surface area (Å²) >= 11 is 0. The molecule has 1 unspecified atom stereocenters. The number of nitrogens with zero attached hydrogens (tertiary/aromatic N) is 3. The van der Waals surface area contributed by atoms with Gasteiger partial charge in [0.2, 0.25) is 12.2 Å². The summed E-state index contributed by atoms with van der Waals surface area (Å²) in [6.45, 7) is 9.02. The largest absolute Gasteiger partial charge is 0.355 e. The van der Waals surface area contributed by atoms with Gasteiger partial charge in [0, 0.05) is 19.8 Å². The smallest absolute Gasteiger partial charge is 0.244 e. The lowest BCUT2D eigenvalue weighted by Gasteiger charge is -2.14. The zero-order chi connectivity index (χ0) is 14.3. The van der Waals surface area contributed by atoms with E-state index in [2.05, 4.69) is 15.6 Å². The number of carbonyl (C=O) groups is 1. The van der Waals surface area contributed by atoms with Crippen LogP contribution in [0.25, 0.3) is 0 Å². The van der Waals surface area contributed by atoms with Gasteiger partial charge in [-0.1, -0.05) is 5.21 Å². The fraction of sp³-hybridized carbons (Fsp3) is 0.750. The highest BCUT2D eigenvalue weighted by Gasteiger charge is 2.20. The molecule has 0 aromatic carbocycles. The zero-order valence-corrected chi connectivity index (χ0v) is 11.9. The molecule has 0 aliphatic heterocycles. The number of rotatable bonds is 8. The van der Waals surface area contributed by atoms with Crippen molar-refractivity contribution in [3.8, 4) is 0 Å². The zero-order valence-electron chi connectivity index (χ0n) is 11.9. The minimum absolute atomic E-state index is 0.0941. The highest BCUT2D eigenvalue weighted by Crippen LogP contribution is 2.17. The van der Waals surface area contributed by atoms with E-state index in [9.17, 15) is 4.79 Å². The molecule has 0 saturated heterocycles. The normalized spacial score (nSPS) is 12.7. The van der Waals surface area contributed by atoms with Crippen LogP contribution >= 0.6 is 0 Å². The molecule has 7 nitrogen and oxygen atoms in total. The monoisotopic (exact) mass is 270 g/mol. The van der Waals surface area contributed by atoms with E-state index in [0.29, 0.717) is 25.5 Å². The summed E-state index contributed by atoms with van der Waals surface area (Å²) in [5.41, 5.74) is 0.569. The topological polar surface area (TPSA) is 78.3 Å². The molecule has 0 aliphatic rings. The number of aromatic nitrogens is 3. The minimum atomic E-state index is -0.537. The lowest BCUT2D eigenvalue weighted by Crippen LogP contribution is -2.31. The Morgan fingerprint density at radius 1 is 1.37 bits per heavy atom. The van der Waals surface area contributed by atoms with Crippen molar-refractivity contribution in [1.82, 2.24) is 20.3 Å². The van der Waals surface area contributed by atoms with Crippen LogP contribution in [0.5, 0.6) is 0 Å². The van der Waals surface area contributed by atoms with Crippen molar-refractivity contribution < 1.29 is 14.3 Å². The Morgan fingerprint density at radius 3 is 2.53 bits per heavy atom.